The summed E-state index contributed by atoms with van der Waals surface area (Å²) in [5.74, 6) is 0.302. The molecule has 9 nitrogen and oxygen atoms in total. The largest absolute Gasteiger partial charge is 0.476 e. The van der Waals surface area contributed by atoms with E-state index in [1.807, 2.05) is 25.1 Å². The lowest BCUT2D eigenvalue weighted by Crippen LogP contribution is -2.32. The molecule has 12 heteroatoms. The first-order chi connectivity index (χ1) is 18.0. The summed E-state index contributed by atoms with van der Waals surface area (Å²) in [5.41, 5.74) is 1.55. The second kappa shape index (κ2) is 12.7. The van der Waals surface area contributed by atoms with Gasteiger partial charge < -0.3 is 18.9 Å². The fourth-order valence-corrected chi connectivity index (χ4v) is 3.23. The number of alkyl halides is 3. The number of nitrogens with zero attached hydrogens (tertiary/aromatic N) is 4. The highest BCUT2D eigenvalue weighted by atomic mass is 19.4. The Hall–Kier alpha value is -3.67. The summed E-state index contributed by atoms with van der Waals surface area (Å²) in [4.78, 5) is 20.4. The summed E-state index contributed by atoms with van der Waals surface area (Å²) in [5, 5.41) is 4.35. The van der Waals surface area contributed by atoms with Crippen molar-refractivity contribution in [3.05, 3.63) is 42.6 Å². The quantitative estimate of drug-likeness (QED) is 0.214. The molecule has 1 aromatic carbocycles. The minimum atomic E-state index is -4.33. The van der Waals surface area contributed by atoms with Crippen molar-refractivity contribution >= 4 is 5.97 Å². The van der Waals surface area contributed by atoms with Crippen LogP contribution in [0, 0.1) is 5.41 Å². The Balaban J connectivity index is 1.69. The molecule has 0 N–H and O–H groups in total. The van der Waals surface area contributed by atoms with Gasteiger partial charge in [-0.1, -0.05) is 31.2 Å². The first kappa shape index (κ1) is 28.9. The number of carbonyl (C=O) groups excluding carboxylic acids is 1. The number of aromatic nitrogens is 4. The number of hydrogen-bond donors (Lipinski definition) is 0. The Bertz CT molecular complexity index is 1180. The van der Waals surface area contributed by atoms with E-state index in [1.54, 1.807) is 38.2 Å². The zero-order chi connectivity index (χ0) is 27.8. The molecule has 38 heavy (non-hydrogen) atoms. The summed E-state index contributed by atoms with van der Waals surface area (Å²) in [6.07, 6.45) is -3.00. The lowest BCUT2D eigenvalue weighted by atomic mass is 9.95. The fraction of sp³-hybridized carbons (Fsp3) is 0.462. The van der Waals surface area contributed by atoms with Crippen LogP contribution >= 0.6 is 0 Å². The van der Waals surface area contributed by atoms with Crippen LogP contribution in [0.1, 0.15) is 33.6 Å². The number of ether oxygens (including phenoxy) is 4. The van der Waals surface area contributed by atoms with Gasteiger partial charge in [0.2, 0.25) is 5.88 Å². The molecule has 206 valence electrons. The highest BCUT2D eigenvalue weighted by Gasteiger charge is 2.30. The molecule has 0 aliphatic rings. The van der Waals surface area contributed by atoms with Crippen molar-refractivity contribution in [2.45, 2.75) is 46.5 Å². The van der Waals surface area contributed by atoms with Crippen LogP contribution in [-0.2, 0) is 21.0 Å². The molecule has 0 saturated carbocycles. The highest BCUT2D eigenvalue weighted by Crippen LogP contribution is 2.27. The van der Waals surface area contributed by atoms with E-state index in [4.69, 9.17) is 18.9 Å². The number of halogens is 3. The maximum absolute atomic E-state index is 12.5. The van der Waals surface area contributed by atoms with Gasteiger partial charge in [-0.3, -0.25) is 4.79 Å². The molecule has 0 fully saturated rings. The summed E-state index contributed by atoms with van der Waals surface area (Å²) in [6.45, 7) is 5.42. The average molecular weight is 537 g/mol. The van der Waals surface area contributed by atoms with E-state index in [-0.39, 0.29) is 25.3 Å². The van der Waals surface area contributed by atoms with Crippen molar-refractivity contribution in [1.29, 1.82) is 0 Å². The number of pyridine rings is 1. The molecular formula is C26H31F3N4O5. The van der Waals surface area contributed by atoms with Crippen LogP contribution in [0.5, 0.6) is 11.9 Å². The van der Waals surface area contributed by atoms with E-state index >= 15 is 0 Å². The van der Waals surface area contributed by atoms with Crippen LogP contribution in [-0.4, -0.2) is 58.8 Å². The summed E-state index contributed by atoms with van der Waals surface area (Å²) < 4.78 is 60.0. The third kappa shape index (κ3) is 8.17. The molecule has 3 rings (SSSR count). The van der Waals surface area contributed by atoms with E-state index in [1.165, 1.54) is 11.8 Å². The Morgan fingerprint density at radius 1 is 0.974 bits per heavy atom. The molecule has 0 aliphatic heterocycles. The highest BCUT2D eigenvalue weighted by molar-refractivity contribution is 5.76. The summed E-state index contributed by atoms with van der Waals surface area (Å²) in [7, 11) is 1.33. The molecule has 0 spiro atoms. The Morgan fingerprint density at radius 2 is 1.66 bits per heavy atom. The van der Waals surface area contributed by atoms with Crippen LogP contribution in [0.2, 0.25) is 0 Å². The maximum atomic E-state index is 12.5. The standard InChI is InChI=1S/C26H31F3N4O5/c1-5-13-36-17-33-24(37-14-12-26(27,28)29)31-22(32-33)19-8-6-18(7-9-19)20-10-11-21(30-15-20)38-16-25(2,3)23(34)35-4/h6-11,15H,5,12-14,16-17H2,1-4H3. The van der Waals surface area contributed by atoms with Gasteiger partial charge in [-0.15, -0.1) is 5.10 Å². The van der Waals surface area contributed by atoms with E-state index in [2.05, 4.69) is 15.1 Å². The van der Waals surface area contributed by atoms with Gasteiger partial charge >= 0.3 is 18.2 Å². The molecule has 0 atom stereocenters. The third-order valence-electron chi connectivity index (χ3n) is 5.35. The molecule has 2 heterocycles. The number of methoxy groups -OCH3 is 1. The first-order valence-corrected chi connectivity index (χ1v) is 12.0. The monoisotopic (exact) mass is 536 g/mol. The molecular weight excluding hydrogens is 505 g/mol. The predicted molar refractivity (Wildman–Crippen MR) is 132 cm³/mol. The SMILES string of the molecule is CCCOCn1nc(-c2ccc(-c3ccc(OCC(C)(C)C(=O)OC)nc3)cc2)nc1OCCC(F)(F)F. The number of carbonyl (C=O) groups is 1. The normalized spacial score (nSPS) is 11.9. The zero-order valence-electron chi connectivity index (χ0n) is 21.7. The van der Waals surface area contributed by atoms with Crippen LogP contribution in [0.25, 0.3) is 22.5 Å². The maximum Gasteiger partial charge on any atom is 0.392 e. The second-order valence-corrected chi connectivity index (χ2v) is 9.10. The van der Waals surface area contributed by atoms with Crippen LogP contribution in [0.15, 0.2) is 42.6 Å². The van der Waals surface area contributed by atoms with Gasteiger partial charge in [-0.05, 0) is 31.9 Å². The predicted octanol–water partition coefficient (Wildman–Crippen LogP) is 5.30. The van der Waals surface area contributed by atoms with Crippen molar-refractivity contribution in [3.63, 3.8) is 0 Å². The molecule has 0 amide bonds. The molecule has 0 unspecified atom stereocenters. The molecule has 2 aromatic heterocycles. The van der Waals surface area contributed by atoms with Gasteiger partial charge in [0, 0.05) is 30.0 Å². The van der Waals surface area contributed by atoms with Crippen molar-refractivity contribution in [2.24, 2.45) is 5.41 Å². The first-order valence-electron chi connectivity index (χ1n) is 12.0. The molecule has 0 aliphatic carbocycles. The van der Waals surface area contributed by atoms with Crippen LogP contribution in [0.3, 0.4) is 0 Å². The van der Waals surface area contributed by atoms with Gasteiger partial charge in [0.25, 0.3) is 0 Å². The Morgan fingerprint density at radius 3 is 2.26 bits per heavy atom. The van der Waals surface area contributed by atoms with Crippen molar-refractivity contribution in [3.8, 4) is 34.4 Å². The van der Waals surface area contributed by atoms with E-state index < -0.39 is 24.6 Å². The van der Waals surface area contributed by atoms with Gasteiger partial charge in [-0.25, -0.2) is 4.98 Å². The van der Waals surface area contributed by atoms with E-state index in [9.17, 15) is 18.0 Å². The van der Waals surface area contributed by atoms with Crippen LogP contribution < -0.4 is 9.47 Å². The van der Waals surface area contributed by atoms with Crippen molar-refractivity contribution in [2.75, 3.05) is 26.9 Å². The van der Waals surface area contributed by atoms with Crippen molar-refractivity contribution in [1.82, 2.24) is 19.7 Å². The molecule has 0 radical (unpaired) electrons. The second-order valence-electron chi connectivity index (χ2n) is 9.10. The summed E-state index contributed by atoms with van der Waals surface area (Å²) in [6, 6.07) is 10.8. The minimum Gasteiger partial charge on any atom is -0.476 e. The van der Waals surface area contributed by atoms with Crippen molar-refractivity contribution < 1.29 is 36.9 Å². The van der Waals surface area contributed by atoms with Gasteiger partial charge in [0.1, 0.15) is 19.9 Å². The number of benzene rings is 1. The Labute approximate surface area is 218 Å². The smallest absolute Gasteiger partial charge is 0.392 e. The Kier molecular flexibility index (Phi) is 9.67. The lowest BCUT2D eigenvalue weighted by molar-refractivity contribution is -0.152. The third-order valence-corrected chi connectivity index (χ3v) is 5.35. The summed E-state index contributed by atoms with van der Waals surface area (Å²) >= 11 is 0. The van der Waals surface area contributed by atoms with Gasteiger partial charge in [-0.2, -0.15) is 22.8 Å². The van der Waals surface area contributed by atoms with E-state index in [0.717, 1.165) is 17.5 Å². The zero-order valence-corrected chi connectivity index (χ0v) is 21.7. The van der Waals surface area contributed by atoms with Gasteiger partial charge in [0.15, 0.2) is 5.82 Å². The number of esters is 1. The number of hydrogen-bond acceptors (Lipinski definition) is 8. The molecule has 3 aromatic rings. The van der Waals surface area contributed by atoms with Crippen LogP contribution in [0.4, 0.5) is 13.2 Å². The fourth-order valence-electron chi connectivity index (χ4n) is 3.23. The van der Waals surface area contributed by atoms with E-state index in [0.29, 0.717) is 23.9 Å². The average Bonchev–Trinajstić information content (AvgIpc) is 3.29. The minimum absolute atomic E-state index is 0.0111. The molecule has 0 saturated heterocycles. The lowest BCUT2D eigenvalue weighted by Gasteiger charge is -2.21. The molecule has 0 bridgehead atoms. The number of rotatable bonds is 13. The van der Waals surface area contributed by atoms with Gasteiger partial charge in [0.05, 0.1) is 18.9 Å². The topological polar surface area (TPSA) is 97.6 Å².